The van der Waals surface area contributed by atoms with Crippen LogP contribution < -0.4 is 20.5 Å². The Morgan fingerprint density at radius 3 is 2.27 bits per heavy atom. The van der Waals surface area contributed by atoms with Gasteiger partial charge in [-0.3, -0.25) is 25.2 Å². The Morgan fingerprint density at radius 2 is 1.55 bits per heavy atom. The van der Waals surface area contributed by atoms with Gasteiger partial charge in [-0.1, -0.05) is 36.4 Å². The molecule has 8 heteroatoms. The number of pyridine rings is 1. The number of hydrazine groups is 1. The van der Waals surface area contributed by atoms with E-state index in [1.54, 1.807) is 29.2 Å². The summed E-state index contributed by atoms with van der Waals surface area (Å²) >= 11 is 0. The minimum Gasteiger partial charge on any atom is -0.619 e. The van der Waals surface area contributed by atoms with Crippen LogP contribution in [-0.4, -0.2) is 17.7 Å². The van der Waals surface area contributed by atoms with E-state index in [0.29, 0.717) is 22.4 Å². The molecule has 8 nitrogen and oxygen atoms in total. The first kappa shape index (κ1) is 20.2. The Hall–Kier alpha value is -4.72. The Balaban J connectivity index is 1.26. The zero-order valence-electron chi connectivity index (χ0n) is 17.3. The summed E-state index contributed by atoms with van der Waals surface area (Å²) in [6.45, 7) is 0.370. The van der Waals surface area contributed by atoms with E-state index < -0.39 is 11.8 Å². The van der Waals surface area contributed by atoms with Gasteiger partial charge in [0.05, 0.1) is 12.2 Å². The van der Waals surface area contributed by atoms with Crippen LogP contribution in [0.25, 0.3) is 10.8 Å². The van der Waals surface area contributed by atoms with Crippen LogP contribution in [0.1, 0.15) is 36.6 Å². The van der Waals surface area contributed by atoms with E-state index in [1.165, 1.54) is 18.3 Å². The molecule has 1 aliphatic heterocycles. The monoisotopic (exact) mass is 438 g/mol. The first-order valence-corrected chi connectivity index (χ1v) is 10.2. The standard InChI is InChI=1S/C25H18N4O4/c30-23(26-27-24(31)19-6-3-13-28(33)15-19)18-11-9-16(10-12-18)14-29-21-8-2-5-17-4-1-7-20(22(17)21)25(29)32/h1-13,15H,14H2,(H,26,30)(H,27,31). The second-order valence-corrected chi connectivity index (χ2v) is 7.63. The van der Waals surface area contributed by atoms with Crippen LogP contribution in [0.15, 0.2) is 85.2 Å². The molecule has 0 spiro atoms. The molecular weight excluding hydrogens is 420 g/mol. The van der Waals surface area contributed by atoms with Crippen LogP contribution in [0.3, 0.4) is 0 Å². The quantitative estimate of drug-likeness (QED) is 0.290. The third kappa shape index (κ3) is 3.74. The van der Waals surface area contributed by atoms with E-state index in [9.17, 15) is 19.6 Å². The van der Waals surface area contributed by atoms with Crippen molar-refractivity contribution in [1.82, 2.24) is 10.9 Å². The fourth-order valence-corrected chi connectivity index (χ4v) is 3.93. The highest BCUT2D eigenvalue weighted by Crippen LogP contribution is 2.37. The molecule has 4 aromatic rings. The molecule has 5 rings (SSSR count). The number of nitrogens with one attached hydrogen (secondary N) is 2. The minimum atomic E-state index is -0.605. The van der Waals surface area contributed by atoms with Crippen molar-refractivity contribution < 1.29 is 19.1 Å². The molecule has 0 saturated heterocycles. The Bertz CT molecular complexity index is 1410. The third-order valence-electron chi connectivity index (χ3n) is 5.53. The first-order chi connectivity index (χ1) is 16.0. The molecule has 33 heavy (non-hydrogen) atoms. The summed E-state index contributed by atoms with van der Waals surface area (Å²) < 4.78 is 0.500. The molecule has 0 bridgehead atoms. The van der Waals surface area contributed by atoms with Gasteiger partial charge in [0.2, 0.25) is 0 Å². The van der Waals surface area contributed by atoms with Gasteiger partial charge in [-0.15, -0.1) is 0 Å². The maximum Gasteiger partial charge on any atom is 0.275 e. The second-order valence-electron chi connectivity index (χ2n) is 7.63. The predicted molar refractivity (Wildman–Crippen MR) is 121 cm³/mol. The summed E-state index contributed by atoms with van der Waals surface area (Å²) in [6.07, 6.45) is 2.36. The summed E-state index contributed by atoms with van der Waals surface area (Å²) in [5, 5.41) is 13.3. The van der Waals surface area contributed by atoms with Crippen LogP contribution in [0.2, 0.25) is 0 Å². The van der Waals surface area contributed by atoms with Crippen molar-refractivity contribution in [3.8, 4) is 0 Å². The molecule has 3 aromatic carbocycles. The van der Waals surface area contributed by atoms with E-state index in [4.69, 9.17) is 0 Å². The number of aromatic nitrogens is 1. The number of carbonyl (C=O) groups is 3. The zero-order chi connectivity index (χ0) is 22.9. The normalized spacial score (nSPS) is 12.1. The third-order valence-corrected chi connectivity index (χ3v) is 5.53. The van der Waals surface area contributed by atoms with Gasteiger partial charge < -0.3 is 10.1 Å². The lowest BCUT2D eigenvalue weighted by Gasteiger charge is -2.18. The van der Waals surface area contributed by atoms with Crippen LogP contribution in [0.5, 0.6) is 0 Å². The lowest BCUT2D eigenvalue weighted by molar-refractivity contribution is -0.605. The maximum atomic E-state index is 12.9. The smallest absolute Gasteiger partial charge is 0.275 e. The number of benzene rings is 3. The van der Waals surface area contributed by atoms with Crippen molar-refractivity contribution in [3.05, 3.63) is 113 Å². The first-order valence-electron chi connectivity index (χ1n) is 10.2. The van der Waals surface area contributed by atoms with Gasteiger partial charge in [-0.05, 0) is 41.3 Å². The predicted octanol–water partition coefficient (Wildman–Crippen LogP) is 2.71. The zero-order valence-corrected chi connectivity index (χ0v) is 17.3. The van der Waals surface area contributed by atoms with Crippen LogP contribution >= 0.6 is 0 Å². The lowest BCUT2D eigenvalue weighted by atomic mass is 10.1. The van der Waals surface area contributed by atoms with Crippen molar-refractivity contribution >= 4 is 34.2 Å². The molecule has 0 saturated carbocycles. The summed E-state index contributed by atoms with van der Waals surface area (Å²) in [7, 11) is 0. The molecule has 0 fully saturated rings. The molecule has 2 N–H and O–H groups in total. The average molecular weight is 438 g/mol. The van der Waals surface area contributed by atoms with Gasteiger partial charge in [0.15, 0.2) is 12.4 Å². The summed E-state index contributed by atoms with van der Waals surface area (Å²) in [4.78, 5) is 39.1. The van der Waals surface area contributed by atoms with Crippen LogP contribution in [0, 0.1) is 5.21 Å². The number of anilines is 1. The molecule has 0 atom stereocenters. The molecule has 0 aliphatic carbocycles. The maximum absolute atomic E-state index is 12.9. The Kier molecular flexibility index (Phi) is 4.95. The van der Waals surface area contributed by atoms with Gasteiger partial charge in [0.25, 0.3) is 17.7 Å². The molecule has 2 heterocycles. The van der Waals surface area contributed by atoms with Crippen molar-refractivity contribution in [2.75, 3.05) is 4.90 Å². The van der Waals surface area contributed by atoms with Crippen molar-refractivity contribution in [2.24, 2.45) is 0 Å². The van der Waals surface area contributed by atoms with Crippen molar-refractivity contribution in [3.63, 3.8) is 0 Å². The van der Waals surface area contributed by atoms with Crippen LogP contribution in [-0.2, 0) is 6.54 Å². The second kappa shape index (κ2) is 8.08. The van der Waals surface area contributed by atoms with Gasteiger partial charge >= 0.3 is 0 Å². The van der Waals surface area contributed by atoms with Gasteiger partial charge in [0.1, 0.15) is 5.56 Å². The van der Waals surface area contributed by atoms with E-state index in [0.717, 1.165) is 28.2 Å². The number of hydrogen-bond donors (Lipinski definition) is 2. The molecule has 0 unspecified atom stereocenters. The van der Waals surface area contributed by atoms with E-state index >= 15 is 0 Å². The number of carbonyl (C=O) groups excluding carboxylic acids is 3. The topological polar surface area (TPSA) is 105 Å². The van der Waals surface area contributed by atoms with E-state index in [1.807, 2.05) is 36.4 Å². The number of hydrogen-bond acceptors (Lipinski definition) is 4. The van der Waals surface area contributed by atoms with E-state index in [-0.39, 0.29) is 11.5 Å². The SMILES string of the molecule is O=C(NNC(=O)c1ccc[n+]([O-])c1)c1ccc(CN2C(=O)c3cccc4cccc2c34)cc1. The largest absolute Gasteiger partial charge is 0.619 e. The Labute approximate surface area is 188 Å². The summed E-state index contributed by atoms with van der Waals surface area (Å²) in [5.74, 6) is -1.16. The van der Waals surface area contributed by atoms with Gasteiger partial charge in [-0.25, -0.2) is 0 Å². The molecule has 1 aliphatic rings. The number of amides is 3. The van der Waals surface area contributed by atoms with Gasteiger partial charge in [0, 0.05) is 22.6 Å². The van der Waals surface area contributed by atoms with Crippen molar-refractivity contribution in [1.29, 1.82) is 0 Å². The minimum absolute atomic E-state index is 0.0494. The number of nitrogens with zero attached hydrogens (tertiary/aromatic N) is 2. The van der Waals surface area contributed by atoms with Crippen LogP contribution in [0.4, 0.5) is 5.69 Å². The fraction of sp³-hybridized carbons (Fsp3) is 0.0400. The van der Waals surface area contributed by atoms with Crippen molar-refractivity contribution in [2.45, 2.75) is 6.54 Å². The molecule has 3 amide bonds. The molecule has 0 radical (unpaired) electrons. The van der Waals surface area contributed by atoms with Gasteiger partial charge in [-0.2, -0.15) is 4.73 Å². The highest BCUT2D eigenvalue weighted by molar-refractivity contribution is 6.24. The Morgan fingerprint density at radius 1 is 0.848 bits per heavy atom. The van der Waals surface area contributed by atoms with E-state index in [2.05, 4.69) is 10.9 Å². The average Bonchev–Trinajstić information content (AvgIpc) is 3.11. The molecule has 162 valence electrons. The molecule has 1 aromatic heterocycles. The lowest BCUT2D eigenvalue weighted by Crippen LogP contribution is -2.42. The molecular formula is C25H18N4O4. The number of rotatable bonds is 4. The summed E-state index contributed by atoms with van der Waals surface area (Å²) in [6, 6.07) is 21.2. The fourth-order valence-electron chi connectivity index (χ4n) is 3.93. The summed E-state index contributed by atoms with van der Waals surface area (Å²) in [5.41, 5.74) is 7.49. The highest BCUT2D eigenvalue weighted by Gasteiger charge is 2.29. The highest BCUT2D eigenvalue weighted by atomic mass is 16.5.